The van der Waals surface area contributed by atoms with Crippen molar-refractivity contribution in [2.75, 3.05) is 0 Å². The number of hydrogen-bond donors (Lipinski definition) is 2. The number of aliphatic hydroxyl groups is 1. The van der Waals surface area contributed by atoms with E-state index in [1.54, 1.807) is 6.07 Å². The Labute approximate surface area is 125 Å². The summed E-state index contributed by atoms with van der Waals surface area (Å²) in [7, 11) is 0. The molecule has 2 unspecified atom stereocenters. The number of fused-ring (bicyclic) bond motifs is 1. The molecule has 2 aromatic carbocycles. The normalized spacial score (nSPS) is 24.7. The van der Waals surface area contributed by atoms with Gasteiger partial charge in [-0.2, -0.15) is 0 Å². The average Bonchev–Trinajstić information content (AvgIpc) is 2.67. The molecule has 3 rings (SSSR count). The van der Waals surface area contributed by atoms with E-state index in [2.05, 4.69) is 15.9 Å². The van der Waals surface area contributed by atoms with E-state index in [0.29, 0.717) is 12.8 Å². The van der Waals surface area contributed by atoms with E-state index in [4.69, 9.17) is 5.73 Å². The maximum absolute atomic E-state index is 13.4. The van der Waals surface area contributed by atoms with E-state index in [9.17, 15) is 9.50 Å². The van der Waals surface area contributed by atoms with Gasteiger partial charge in [-0.3, -0.25) is 0 Å². The van der Waals surface area contributed by atoms with Crippen LogP contribution in [0.5, 0.6) is 0 Å². The summed E-state index contributed by atoms with van der Waals surface area (Å²) in [5.74, 6) is -0.303. The molecule has 1 aliphatic rings. The number of nitrogens with two attached hydrogens (primary N) is 1. The van der Waals surface area contributed by atoms with Crippen molar-refractivity contribution in [1.29, 1.82) is 0 Å². The molecule has 0 aliphatic heterocycles. The molecular weight excluding hydrogens is 321 g/mol. The smallest absolute Gasteiger partial charge is 0.123 e. The van der Waals surface area contributed by atoms with E-state index >= 15 is 0 Å². The van der Waals surface area contributed by atoms with Gasteiger partial charge in [-0.05, 0) is 41.3 Å². The molecule has 0 spiro atoms. The monoisotopic (exact) mass is 335 g/mol. The maximum atomic E-state index is 13.4. The third kappa shape index (κ3) is 2.28. The van der Waals surface area contributed by atoms with E-state index in [0.717, 1.165) is 21.2 Å². The standard InChI is InChI=1S/C16H15BrFNO/c17-14-6-5-11(18)7-10(14)8-16(20)9-15(19)12-3-1-2-4-13(12)16/h1-7,15,20H,8-9,19H2. The van der Waals surface area contributed by atoms with Crippen LogP contribution in [-0.2, 0) is 12.0 Å². The Bertz CT molecular complexity index is 661. The van der Waals surface area contributed by atoms with Gasteiger partial charge in [0.2, 0.25) is 0 Å². The van der Waals surface area contributed by atoms with Crippen LogP contribution >= 0.6 is 15.9 Å². The van der Waals surface area contributed by atoms with Gasteiger partial charge in [0.1, 0.15) is 5.82 Å². The van der Waals surface area contributed by atoms with Crippen molar-refractivity contribution in [3.8, 4) is 0 Å². The zero-order valence-corrected chi connectivity index (χ0v) is 12.4. The van der Waals surface area contributed by atoms with Crippen LogP contribution < -0.4 is 5.73 Å². The third-order valence-corrected chi connectivity index (χ3v) is 4.68. The van der Waals surface area contributed by atoms with Gasteiger partial charge in [-0.1, -0.05) is 40.2 Å². The summed E-state index contributed by atoms with van der Waals surface area (Å²) in [5.41, 5.74) is 7.63. The molecule has 2 atom stereocenters. The molecule has 1 aliphatic carbocycles. The van der Waals surface area contributed by atoms with Crippen molar-refractivity contribution in [2.24, 2.45) is 5.73 Å². The van der Waals surface area contributed by atoms with Crippen molar-refractivity contribution in [3.05, 3.63) is 69.4 Å². The van der Waals surface area contributed by atoms with Gasteiger partial charge in [-0.15, -0.1) is 0 Å². The van der Waals surface area contributed by atoms with E-state index in [1.807, 2.05) is 24.3 Å². The van der Waals surface area contributed by atoms with Gasteiger partial charge >= 0.3 is 0 Å². The van der Waals surface area contributed by atoms with Crippen LogP contribution in [0.3, 0.4) is 0 Å². The van der Waals surface area contributed by atoms with Crippen LogP contribution in [0.2, 0.25) is 0 Å². The summed E-state index contributed by atoms with van der Waals surface area (Å²) >= 11 is 3.41. The third-order valence-electron chi connectivity index (χ3n) is 3.91. The Morgan fingerprint density at radius 2 is 2.05 bits per heavy atom. The second-order valence-corrected chi connectivity index (χ2v) is 6.20. The molecule has 2 aromatic rings. The average molecular weight is 336 g/mol. The van der Waals surface area contributed by atoms with Gasteiger partial charge in [0.25, 0.3) is 0 Å². The number of benzene rings is 2. The molecule has 0 heterocycles. The van der Waals surface area contributed by atoms with Gasteiger partial charge in [0.05, 0.1) is 5.60 Å². The Hall–Kier alpha value is -1.23. The van der Waals surface area contributed by atoms with Gasteiger partial charge in [0.15, 0.2) is 0 Å². The lowest BCUT2D eigenvalue weighted by atomic mass is 9.88. The SMILES string of the molecule is NC1CC(O)(Cc2cc(F)ccc2Br)c2ccccc21. The minimum Gasteiger partial charge on any atom is -0.385 e. The molecule has 2 nitrogen and oxygen atoms in total. The Morgan fingerprint density at radius 1 is 1.30 bits per heavy atom. The lowest BCUT2D eigenvalue weighted by molar-refractivity contribution is 0.0340. The van der Waals surface area contributed by atoms with E-state index < -0.39 is 5.60 Å². The molecule has 0 saturated heterocycles. The lowest BCUT2D eigenvalue weighted by Gasteiger charge is -2.25. The van der Waals surface area contributed by atoms with Gasteiger partial charge < -0.3 is 10.8 Å². The predicted molar refractivity (Wildman–Crippen MR) is 79.7 cm³/mol. The van der Waals surface area contributed by atoms with Crippen LogP contribution in [0.25, 0.3) is 0 Å². The van der Waals surface area contributed by atoms with Gasteiger partial charge in [0, 0.05) is 16.9 Å². The largest absolute Gasteiger partial charge is 0.385 e. The molecule has 0 bridgehead atoms. The number of hydrogen-bond acceptors (Lipinski definition) is 2. The van der Waals surface area contributed by atoms with Crippen molar-refractivity contribution in [1.82, 2.24) is 0 Å². The number of rotatable bonds is 2. The molecule has 3 N–H and O–H groups in total. The van der Waals surface area contributed by atoms with E-state index in [1.165, 1.54) is 12.1 Å². The van der Waals surface area contributed by atoms with Crippen molar-refractivity contribution >= 4 is 15.9 Å². The lowest BCUT2D eigenvalue weighted by Crippen LogP contribution is -2.26. The Balaban J connectivity index is 2.01. The van der Waals surface area contributed by atoms with Crippen LogP contribution in [0.1, 0.15) is 29.2 Å². The first-order chi connectivity index (χ1) is 9.49. The second kappa shape index (κ2) is 4.95. The zero-order valence-electron chi connectivity index (χ0n) is 10.8. The quantitative estimate of drug-likeness (QED) is 0.883. The van der Waals surface area contributed by atoms with Crippen molar-refractivity contribution in [3.63, 3.8) is 0 Å². The Kier molecular flexibility index (Phi) is 3.40. The summed E-state index contributed by atoms with van der Waals surface area (Å²) in [4.78, 5) is 0. The minimum atomic E-state index is -1.04. The summed E-state index contributed by atoms with van der Waals surface area (Å²) in [6.07, 6.45) is 0.797. The first-order valence-corrected chi connectivity index (χ1v) is 7.30. The molecule has 0 radical (unpaired) electrons. The zero-order chi connectivity index (χ0) is 14.3. The topological polar surface area (TPSA) is 46.2 Å². The maximum Gasteiger partial charge on any atom is 0.123 e. The molecular formula is C16H15BrFNO. The molecule has 20 heavy (non-hydrogen) atoms. The first kappa shape index (κ1) is 13.7. The van der Waals surface area contributed by atoms with Crippen molar-refractivity contribution in [2.45, 2.75) is 24.5 Å². The number of halogens is 2. The summed E-state index contributed by atoms with van der Waals surface area (Å²) in [5, 5.41) is 11.0. The fraction of sp³-hybridized carbons (Fsp3) is 0.250. The first-order valence-electron chi connectivity index (χ1n) is 6.51. The molecule has 4 heteroatoms. The summed E-state index contributed by atoms with van der Waals surface area (Å²) in [6, 6.07) is 12.0. The molecule has 0 saturated carbocycles. The predicted octanol–water partition coefficient (Wildman–Crippen LogP) is 3.42. The van der Waals surface area contributed by atoms with Crippen LogP contribution in [0.15, 0.2) is 46.9 Å². The van der Waals surface area contributed by atoms with Gasteiger partial charge in [-0.25, -0.2) is 4.39 Å². The highest BCUT2D eigenvalue weighted by Gasteiger charge is 2.41. The van der Waals surface area contributed by atoms with Crippen LogP contribution in [0.4, 0.5) is 4.39 Å². The highest BCUT2D eigenvalue weighted by Crippen LogP contribution is 2.44. The summed E-state index contributed by atoms with van der Waals surface area (Å²) in [6.45, 7) is 0. The van der Waals surface area contributed by atoms with E-state index in [-0.39, 0.29) is 11.9 Å². The minimum absolute atomic E-state index is 0.177. The van der Waals surface area contributed by atoms with Crippen LogP contribution in [0, 0.1) is 5.82 Å². The highest BCUT2D eigenvalue weighted by atomic mass is 79.9. The Morgan fingerprint density at radius 3 is 2.85 bits per heavy atom. The second-order valence-electron chi connectivity index (χ2n) is 5.34. The molecule has 104 valence electrons. The highest BCUT2D eigenvalue weighted by molar-refractivity contribution is 9.10. The molecule has 0 fully saturated rings. The van der Waals surface area contributed by atoms with Crippen LogP contribution in [-0.4, -0.2) is 5.11 Å². The molecule has 0 aromatic heterocycles. The van der Waals surface area contributed by atoms with Crippen molar-refractivity contribution < 1.29 is 9.50 Å². The molecule has 0 amide bonds. The fourth-order valence-corrected chi connectivity index (χ4v) is 3.38. The fourth-order valence-electron chi connectivity index (χ4n) is 2.99. The summed E-state index contributed by atoms with van der Waals surface area (Å²) < 4.78 is 14.2.